The summed E-state index contributed by atoms with van der Waals surface area (Å²) in [6, 6.07) is 7.12. The molecule has 25 heavy (non-hydrogen) atoms. The number of carbonyl (C=O) groups excluding carboxylic acids is 1. The van der Waals surface area contributed by atoms with Gasteiger partial charge in [-0.05, 0) is 18.9 Å². The van der Waals surface area contributed by atoms with Gasteiger partial charge < -0.3 is 14.7 Å². The molecule has 6 nitrogen and oxygen atoms in total. The number of benzene rings is 1. The standard InChI is InChI=1S/C17H17ClN2O4S/c18-13-4-2-1-3-12(13)16-19-14(10-25-16)17(23)20(9-15(21)22)11-5-7-24-8-6-11/h1-4,10-11H,5-9H2,(H,21,22). The highest BCUT2D eigenvalue weighted by atomic mass is 35.5. The van der Waals surface area contributed by atoms with Crippen molar-refractivity contribution in [3.05, 3.63) is 40.4 Å². The molecule has 1 aliphatic rings. The molecule has 1 fully saturated rings. The Balaban J connectivity index is 1.84. The van der Waals surface area contributed by atoms with Crippen LogP contribution in [-0.4, -0.2) is 52.7 Å². The van der Waals surface area contributed by atoms with E-state index in [9.17, 15) is 9.59 Å². The number of hydrogen-bond donors (Lipinski definition) is 1. The number of nitrogens with zero attached hydrogens (tertiary/aromatic N) is 2. The third kappa shape index (κ3) is 4.18. The summed E-state index contributed by atoms with van der Waals surface area (Å²) < 4.78 is 5.30. The lowest BCUT2D eigenvalue weighted by atomic mass is 10.1. The Morgan fingerprint density at radius 1 is 1.32 bits per heavy atom. The summed E-state index contributed by atoms with van der Waals surface area (Å²) in [6.45, 7) is 0.703. The van der Waals surface area contributed by atoms with Gasteiger partial charge in [0.25, 0.3) is 5.91 Å². The molecular weight excluding hydrogens is 364 g/mol. The van der Waals surface area contributed by atoms with E-state index >= 15 is 0 Å². The molecule has 0 unspecified atom stereocenters. The van der Waals surface area contributed by atoms with Crippen LogP contribution in [0.4, 0.5) is 0 Å². The van der Waals surface area contributed by atoms with Crippen molar-refractivity contribution in [1.82, 2.24) is 9.88 Å². The van der Waals surface area contributed by atoms with Crippen molar-refractivity contribution >= 4 is 34.8 Å². The van der Waals surface area contributed by atoms with Gasteiger partial charge in [0.2, 0.25) is 0 Å². The molecule has 3 rings (SSSR count). The normalized spacial score (nSPS) is 15.1. The van der Waals surface area contributed by atoms with E-state index in [2.05, 4.69) is 4.98 Å². The fraction of sp³-hybridized carbons (Fsp3) is 0.353. The first-order valence-corrected chi connectivity index (χ1v) is 9.13. The SMILES string of the molecule is O=C(O)CN(C(=O)c1csc(-c2ccccc2Cl)n1)C1CCOCC1. The number of amides is 1. The van der Waals surface area contributed by atoms with Crippen LogP contribution < -0.4 is 0 Å². The molecule has 1 N–H and O–H groups in total. The summed E-state index contributed by atoms with van der Waals surface area (Å²) >= 11 is 7.49. The van der Waals surface area contributed by atoms with Gasteiger partial charge in [-0.3, -0.25) is 9.59 Å². The zero-order valence-corrected chi connectivity index (χ0v) is 14.9. The fourth-order valence-electron chi connectivity index (χ4n) is 2.79. The Bertz CT molecular complexity index is 774. The van der Waals surface area contributed by atoms with Gasteiger partial charge in [0.05, 0.1) is 5.02 Å². The van der Waals surface area contributed by atoms with Gasteiger partial charge in [-0.25, -0.2) is 4.98 Å². The number of carboxylic acids is 1. The number of ether oxygens (including phenoxy) is 1. The van der Waals surface area contributed by atoms with E-state index in [0.29, 0.717) is 36.1 Å². The summed E-state index contributed by atoms with van der Waals surface area (Å²) in [5.74, 6) is -1.41. The minimum atomic E-state index is -1.04. The first-order valence-electron chi connectivity index (χ1n) is 7.87. The maximum absolute atomic E-state index is 12.8. The summed E-state index contributed by atoms with van der Waals surface area (Å²) in [5.41, 5.74) is 0.997. The van der Waals surface area contributed by atoms with Gasteiger partial charge in [-0.1, -0.05) is 29.8 Å². The lowest BCUT2D eigenvalue weighted by Crippen LogP contribution is -2.46. The summed E-state index contributed by atoms with van der Waals surface area (Å²) in [7, 11) is 0. The Hall–Kier alpha value is -1.96. The molecule has 132 valence electrons. The van der Waals surface area contributed by atoms with Crippen LogP contribution in [0.3, 0.4) is 0 Å². The average Bonchev–Trinajstić information content (AvgIpc) is 3.10. The summed E-state index contributed by atoms with van der Waals surface area (Å²) in [5, 5.41) is 12.0. The predicted octanol–water partition coefficient (Wildman–Crippen LogP) is 3.17. The highest BCUT2D eigenvalue weighted by Gasteiger charge is 2.29. The van der Waals surface area contributed by atoms with Crippen molar-refractivity contribution in [2.45, 2.75) is 18.9 Å². The summed E-state index contributed by atoms with van der Waals surface area (Å²) in [4.78, 5) is 29.8. The molecule has 1 aromatic carbocycles. The van der Waals surface area contributed by atoms with Gasteiger partial charge in [-0.2, -0.15) is 0 Å². The Labute approximate surface area is 154 Å². The predicted molar refractivity (Wildman–Crippen MR) is 95.1 cm³/mol. The highest BCUT2D eigenvalue weighted by molar-refractivity contribution is 7.13. The molecule has 1 amide bonds. The Morgan fingerprint density at radius 3 is 2.72 bits per heavy atom. The molecule has 0 spiro atoms. The van der Waals surface area contributed by atoms with Crippen LogP contribution >= 0.6 is 22.9 Å². The number of aliphatic carboxylic acids is 1. The maximum atomic E-state index is 12.8. The van der Waals surface area contributed by atoms with Crippen molar-refractivity contribution in [2.75, 3.05) is 19.8 Å². The van der Waals surface area contributed by atoms with Crippen LogP contribution in [0, 0.1) is 0 Å². The lowest BCUT2D eigenvalue weighted by molar-refractivity contribution is -0.138. The van der Waals surface area contributed by atoms with E-state index in [-0.39, 0.29) is 24.2 Å². The zero-order valence-electron chi connectivity index (χ0n) is 13.4. The molecule has 2 aromatic rings. The maximum Gasteiger partial charge on any atom is 0.323 e. The third-order valence-corrected chi connectivity index (χ3v) is 5.23. The van der Waals surface area contributed by atoms with Crippen molar-refractivity contribution in [2.24, 2.45) is 0 Å². The number of aromatic nitrogens is 1. The van der Waals surface area contributed by atoms with E-state index in [4.69, 9.17) is 21.4 Å². The van der Waals surface area contributed by atoms with Gasteiger partial charge >= 0.3 is 5.97 Å². The number of rotatable bonds is 5. The largest absolute Gasteiger partial charge is 0.480 e. The molecule has 0 radical (unpaired) electrons. The molecule has 0 atom stereocenters. The minimum Gasteiger partial charge on any atom is -0.480 e. The van der Waals surface area contributed by atoms with Crippen LogP contribution in [0.15, 0.2) is 29.6 Å². The lowest BCUT2D eigenvalue weighted by Gasteiger charge is -2.32. The molecule has 1 aromatic heterocycles. The van der Waals surface area contributed by atoms with Crippen molar-refractivity contribution in [3.63, 3.8) is 0 Å². The van der Waals surface area contributed by atoms with E-state index in [1.54, 1.807) is 11.4 Å². The number of hydrogen-bond acceptors (Lipinski definition) is 5. The molecule has 0 saturated carbocycles. The Kier molecular flexibility index (Phi) is 5.67. The number of carbonyl (C=O) groups is 2. The summed E-state index contributed by atoms with van der Waals surface area (Å²) in [6.07, 6.45) is 1.25. The molecule has 0 aliphatic carbocycles. The average molecular weight is 381 g/mol. The highest BCUT2D eigenvalue weighted by Crippen LogP contribution is 2.30. The Morgan fingerprint density at radius 2 is 2.04 bits per heavy atom. The van der Waals surface area contributed by atoms with Crippen molar-refractivity contribution in [3.8, 4) is 10.6 Å². The van der Waals surface area contributed by atoms with E-state index < -0.39 is 5.97 Å². The van der Waals surface area contributed by atoms with Crippen molar-refractivity contribution < 1.29 is 19.4 Å². The van der Waals surface area contributed by atoms with Gasteiger partial charge in [-0.15, -0.1) is 11.3 Å². The van der Waals surface area contributed by atoms with E-state index in [1.807, 2.05) is 18.2 Å². The van der Waals surface area contributed by atoms with Gasteiger partial charge in [0.15, 0.2) is 0 Å². The zero-order chi connectivity index (χ0) is 17.8. The van der Waals surface area contributed by atoms with E-state index in [0.717, 1.165) is 5.56 Å². The van der Waals surface area contributed by atoms with Gasteiger partial charge in [0, 0.05) is 30.2 Å². The molecule has 2 heterocycles. The van der Waals surface area contributed by atoms with Gasteiger partial charge in [0.1, 0.15) is 17.2 Å². The third-order valence-electron chi connectivity index (χ3n) is 4.03. The van der Waals surface area contributed by atoms with Crippen LogP contribution in [-0.2, 0) is 9.53 Å². The molecule has 0 bridgehead atoms. The first-order chi connectivity index (χ1) is 12.1. The topological polar surface area (TPSA) is 79.7 Å². The number of thiazole rings is 1. The molecule has 1 aliphatic heterocycles. The first kappa shape index (κ1) is 17.8. The second-order valence-electron chi connectivity index (χ2n) is 5.69. The number of carboxylic acid groups (broad SMARTS) is 1. The molecule has 8 heteroatoms. The monoisotopic (exact) mass is 380 g/mol. The smallest absolute Gasteiger partial charge is 0.323 e. The van der Waals surface area contributed by atoms with Crippen LogP contribution in [0.1, 0.15) is 23.3 Å². The molecule has 1 saturated heterocycles. The van der Waals surface area contributed by atoms with Crippen LogP contribution in [0.5, 0.6) is 0 Å². The number of halogens is 1. The quantitative estimate of drug-likeness (QED) is 0.861. The van der Waals surface area contributed by atoms with Crippen LogP contribution in [0.2, 0.25) is 5.02 Å². The molecular formula is C17H17ClN2O4S. The van der Waals surface area contributed by atoms with Crippen molar-refractivity contribution in [1.29, 1.82) is 0 Å². The second-order valence-corrected chi connectivity index (χ2v) is 6.95. The van der Waals surface area contributed by atoms with E-state index in [1.165, 1.54) is 16.2 Å². The van der Waals surface area contributed by atoms with Crippen LogP contribution in [0.25, 0.3) is 10.6 Å². The minimum absolute atomic E-state index is 0.150. The second kappa shape index (κ2) is 7.95. The fourth-order valence-corrected chi connectivity index (χ4v) is 3.90.